The van der Waals surface area contributed by atoms with Crippen LogP contribution in [0.1, 0.15) is 19.8 Å². The van der Waals surface area contributed by atoms with Crippen LogP contribution in [-0.4, -0.2) is 11.7 Å². The van der Waals surface area contributed by atoms with E-state index in [1.54, 1.807) is 0 Å². The van der Waals surface area contributed by atoms with E-state index in [0.29, 0.717) is 6.42 Å². The molecule has 0 saturated carbocycles. The van der Waals surface area contributed by atoms with Gasteiger partial charge in [-0.2, -0.15) is 0 Å². The third kappa shape index (κ3) is 3.68. The molecular weight excluding hydrogens is 102 g/mol. The van der Waals surface area contributed by atoms with Crippen molar-refractivity contribution in [1.29, 1.82) is 0 Å². The molecule has 0 heterocycles. The highest BCUT2D eigenvalue weighted by Crippen LogP contribution is 1.91. The van der Waals surface area contributed by atoms with Gasteiger partial charge in [0.15, 0.2) is 0 Å². The summed E-state index contributed by atoms with van der Waals surface area (Å²) < 4.78 is 0. The molecule has 0 aliphatic rings. The lowest BCUT2D eigenvalue weighted by Crippen LogP contribution is -1.94. The summed E-state index contributed by atoms with van der Waals surface area (Å²) >= 11 is 0. The molecule has 0 amide bonds. The lowest BCUT2D eigenvalue weighted by atomic mass is 10.3. The minimum absolute atomic E-state index is 0.195. The summed E-state index contributed by atoms with van der Waals surface area (Å²) in [5.74, 6) is 0. The first-order valence-electron chi connectivity index (χ1n) is 2.86. The molecule has 0 unspecified atom stereocenters. The molecule has 0 spiro atoms. The van der Waals surface area contributed by atoms with Crippen molar-refractivity contribution in [2.45, 2.75) is 19.8 Å². The zero-order chi connectivity index (χ0) is 6.41. The summed E-state index contributed by atoms with van der Waals surface area (Å²) in [5.41, 5.74) is 6.27. The normalized spacial score (nSPS) is 12.0. The van der Waals surface area contributed by atoms with Crippen molar-refractivity contribution < 1.29 is 5.11 Å². The van der Waals surface area contributed by atoms with Crippen LogP contribution in [0.4, 0.5) is 0 Å². The molecule has 3 N–H and O–H groups in total. The number of allylic oxidation sites excluding steroid dienone is 1. The average molecular weight is 115 g/mol. The van der Waals surface area contributed by atoms with E-state index in [1.807, 2.05) is 13.0 Å². The summed E-state index contributed by atoms with van der Waals surface area (Å²) in [4.78, 5) is 0. The summed E-state index contributed by atoms with van der Waals surface area (Å²) in [6.07, 6.45) is 3.40. The molecule has 8 heavy (non-hydrogen) atoms. The van der Waals surface area contributed by atoms with Crippen molar-refractivity contribution in [3.63, 3.8) is 0 Å². The average Bonchev–Trinajstić information content (AvgIpc) is 1.83. The van der Waals surface area contributed by atoms with Crippen LogP contribution >= 0.6 is 0 Å². The number of rotatable bonds is 3. The highest BCUT2D eigenvalue weighted by atomic mass is 16.2. The Morgan fingerprint density at radius 2 is 2.38 bits per heavy atom. The molecule has 0 radical (unpaired) electrons. The van der Waals surface area contributed by atoms with E-state index in [9.17, 15) is 0 Å². The maximum Gasteiger partial charge on any atom is 0.0466 e. The Morgan fingerprint density at radius 3 is 2.75 bits per heavy atom. The summed E-state index contributed by atoms with van der Waals surface area (Å²) in [5, 5.41) is 8.31. The lowest BCUT2D eigenvalue weighted by molar-refractivity contribution is 0.302. The van der Waals surface area contributed by atoms with Crippen LogP contribution in [0, 0.1) is 0 Å². The Morgan fingerprint density at radius 1 is 1.75 bits per heavy atom. The van der Waals surface area contributed by atoms with Crippen molar-refractivity contribution in [2.24, 2.45) is 5.73 Å². The molecule has 0 atom stereocenters. The van der Waals surface area contributed by atoms with Gasteiger partial charge in [0.2, 0.25) is 0 Å². The third-order valence-electron chi connectivity index (χ3n) is 0.944. The van der Waals surface area contributed by atoms with Crippen LogP contribution in [-0.2, 0) is 0 Å². The first-order valence-corrected chi connectivity index (χ1v) is 2.86. The molecule has 2 nitrogen and oxygen atoms in total. The van der Waals surface area contributed by atoms with Crippen LogP contribution in [0.3, 0.4) is 0 Å². The number of aliphatic hydroxyl groups is 1. The molecule has 48 valence electrons. The van der Waals surface area contributed by atoms with E-state index in [-0.39, 0.29) is 6.61 Å². The van der Waals surface area contributed by atoms with Crippen molar-refractivity contribution in [3.8, 4) is 0 Å². The Kier molecular flexibility index (Phi) is 4.36. The smallest absolute Gasteiger partial charge is 0.0466 e. The molecule has 0 aromatic rings. The second-order valence-corrected chi connectivity index (χ2v) is 1.64. The first-order chi connectivity index (χ1) is 3.81. The topological polar surface area (TPSA) is 46.2 Å². The second-order valence-electron chi connectivity index (χ2n) is 1.64. The van der Waals surface area contributed by atoms with Crippen molar-refractivity contribution >= 4 is 0 Å². The summed E-state index contributed by atoms with van der Waals surface area (Å²) in [7, 11) is 0. The first kappa shape index (κ1) is 7.50. The fourth-order valence-corrected chi connectivity index (χ4v) is 0.394. The SMILES string of the molecule is CC/C(N)=C\CCO. The second kappa shape index (κ2) is 4.65. The van der Waals surface area contributed by atoms with Gasteiger partial charge in [-0.05, 0) is 12.8 Å². The van der Waals surface area contributed by atoms with Crippen LogP contribution in [0.25, 0.3) is 0 Å². The van der Waals surface area contributed by atoms with E-state index < -0.39 is 0 Å². The Balaban J connectivity index is 3.26. The predicted molar refractivity (Wildman–Crippen MR) is 34.3 cm³/mol. The maximum atomic E-state index is 8.31. The van der Waals surface area contributed by atoms with E-state index >= 15 is 0 Å². The summed E-state index contributed by atoms with van der Waals surface area (Å²) in [6, 6.07) is 0. The van der Waals surface area contributed by atoms with E-state index in [4.69, 9.17) is 10.8 Å². The molecular formula is C6H13NO. The molecule has 0 aromatic carbocycles. The predicted octanol–water partition coefficient (Wildman–Crippen LogP) is 0.621. The molecule has 0 fully saturated rings. The van der Waals surface area contributed by atoms with Gasteiger partial charge in [-0.1, -0.05) is 13.0 Å². The van der Waals surface area contributed by atoms with Gasteiger partial charge >= 0.3 is 0 Å². The monoisotopic (exact) mass is 115 g/mol. The Hall–Kier alpha value is -0.500. The van der Waals surface area contributed by atoms with Gasteiger partial charge in [-0.25, -0.2) is 0 Å². The van der Waals surface area contributed by atoms with Gasteiger partial charge in [-0.3, -0.25) is 0 Å². The molecule has 2 heteroatoms. The van der Waals surface area contributed by atoms with Crippen molar-refractivity contribution in [3.05, 3.63) is 11.8 Å². The minimum atomic E-state index is 0.195. The largest absolute Gasteiger partial charge is 0.402 e. The van der Waals surface area contributed by atoms with Crippen molar-refractivity contribution in [2.75, 3.05) is 6.61 Å². The molecule has 0 aliphatic heterocycles. The van der Waals surface area contributed by atoms with Gasteiger partial charge in [0.1, 0.15) is 0 Å². The van der Waals surface area contributed by atoms with E-state index in [1.165, 1.54) is 0 Å². The third-order valence-corrected chi connectivity index (χ3v) is 0.944. The van der Waals surface area contributed by atoms with Gasteiger partial charge in [0, 0.05) is 12.3 Å². The van der Waals surface area contributed by atoms with E-state index in [2.05, 4.69) is 0 Å². The number of nitrogens with two attached hydrogens (primary N) is 1. The Bertz CT molecular complexity index is 78.6. The molecule has 0 rings (SSSR count). The maximum absolute atomic E-state index is 8.31. The zero-order valence-corrected chi connectivity index (χ0v) is 5.22. The highest BCUT2D eigenvalue weighted by Gasteiger charge is 1.80. The molecule has 0 aromatic heterocycles. The number of hydrogen-bond acceptors (Lipinski definition) is 2. The van der Waals surface area contributed by atoms with Gasteiger partial charge in [0.25, 0.3) is 0 Å². The van der Waals surface area contributed by atoms with Gasteiger partial charge in [-0.15, -0.1) is 0 Å². The molecule has 0 saturated heterocycles. The number of aliphatic hydroxyl groups excluding tert-OH is 1. The van der Waals surface area contributed by atoms with Crippen LogP contribution in [0.2, 0.25) is 0 Å². The molecule has 0 bridgehead atoms. The van der Waals surface area contributed by atoms with Crippen molar-refractivity contribution in [1.82, 2.24) is 0 Å². The van der Waals surface area contributed by atoms with Crippen LogP contribution < -0.4 is 5.73 Å². The fourth-order valence-electron chi connectivity index (χ4n) is 0.394. The number of hydrogen-bond donors (Lipinski definition) is 2. The zero-order valence-electron chi connectivity index (χ0n) is 5.22. The van der Waals surface area contributed by atoms with Crippen LogP contribution in [0.5, 0.6) is 0 Å². The Labute approximate surface area is 50.0 Å². The minimum Gasteiger partial charge on any atom is -0.402 e. The van der Waals surface area contributed by atoms with Crippen LogP contribution in [0.15, 0.2) is 11.8 Å². The summed E-state index contributed by atoms with van der Waals surface area (Å²) in [6.45, 7) is 2.18. The fraction of sp³-hybridized carbons (Fsp3) is 0.667. The van der Waals surface area contributed by atoms with Gasteiger partial charge in [0.05, 0.1) is 0 Å². The quantitative estimate of drug-likeness (QED) is 0.566. The standard InChI is InChI=1S/C6H13NO/c1-2-6(7)4-3-5-8/h4,8H,2-3,5,7H2,1H3/b6-4+. The van der Waals surface area contributed by atoms with Gasteiger partial charge < -0.3 is 10.8 Å². The lowest BCUT2D eigenvalue weighted by Gasteiger charge is -1.91. The highest BCUT2D eigenvalue weighted by molar-refractivity contribution is 4.94. The van der Waals surface area contributed by atoms with E-state index in [0.717, 1.165) is 12.1 Å². The molecule has 0 aliphatic carbocycles.